The van der Waals surface area contributed by atoms with Crippen LogP contribution >= 0.6 is 0 Å². The number of hydrogen-bond acceptors (Lipinski definition) is 3. The van der Waals surface area contributed by atoms with Crippen LogP contribution in [-0.2, 0) is 4.79 Å². The van der Waals surface area contributed by atoms with E-state index in [1.54, 1.807) is 6.08 Å². The molecule has 0 fully saturated rings. The van der Waals surface area contributed by atoms with Crippen LogP contribution in [0.15, 0.2) is 24.3 Å². The van der Waals surface area contributed by atoms with Crippen LogP contribution in [0.3, 0.4) is 0 Å². The van der Waals surface area contributed by atoms with Crippen molar-refractivity contribution in [3.8, 4) is 0 Å². The molecule has 1 amide bonds. The Morgan fingerprint density at radius 1 is 0.676 bits per heavy atom. The third-order valence-electron chi connectivity index (χ3n) is 6.44. The van der Waals surface area contributed by atoms with Crippen LogP contribution in [0.4, 0.5) is 0 Å². The average molecular weight is 480 g/mol. The Morgan fingerprint density at radius 3 is 1.71 bits per heavy atom. The first-order chi connectivity index (χ1) is 16.7. The van der Waals surface area contributed by atoms with Gasteiger partial charge in [-0.3, -0.25) is 4.79 Å². The van der Waals surface area contributed by atoms with E-state index in [2.05, 4.69) is 31.3 Å². The van der Waals surface area contributed by atoms with Gasteiger partial charge in [0.15, 0.2) is 0 Å². The van der Waals surface area contributed by atoms with Gasteiger partial charge in [0.05, 0.1) is 18.8 Å². The van der Waals surface area contributed by atoms with E-state index in [0.717, 1.165) is 32.1 Å². The molecule has 0 bridgehead atoms. The monoisotopic (exact) mass is 479 g/mol. The molecular weight excluding hydrogens is 422 g/mol. The highest BCUT2D eigenvalue weighted by atomic mass is 16.3. The maximum Gasteiger partial charge on any atom is 0.220 e. The zero-order valence-electron chi connectivity index (χ0n) is 22.6. The van der Waals surface area contributed by atoms with Crippen molar-refractivity contribution >= 4 is 5.91 Å². The van der Waals surface area contributed by atoms with Crippen molar-refractivity contribution < 1.29 is 15.0 Å². The molecule has 3 N–H and O–H groups in total. The molecule has 0 aromatic carbocycles. The highest BCUT2D eigenvalue weighted by molar-refractivity contribution is 5.76. The summed E-state index contributed by atoms with van der Waals surface area (Å²) in [5.74, 6) is -0.0799. The van der Waals surface area contributed by atoms with E-state index in [1.165, 1.54) is 89.9 Å². The molecule has 0 aliphatic heterocycles. The standard InChI is InChI=1S/C30H57NO3/c1-3-5-7-9-11-13-15-16-17-19-21-23-25-29(33)28(27-32)31-30(34)26-24-22-20-18-14-12-10-8-6-4-2/h16-17,23,25,28-29,32-33H,3-15,18-22,24,26-27H2,1-2H3,(H,31,34)/b17-16+,25-23+/t28-,29+/m0/s1. The summed E-state index contributed by atoms with van der Waals surface area (Å²) in [6.07, 6.45) is 31.0. The molecule has 0 aromatic rings. The van der Waals surface area contributed by atoms with Gasteiger partial charge in [0.2, 0.25) is 5.91 Å². The molecule has 0 aliphatic carbocycles. The molecule has 200 valence electrons. The van der Waals surface area contributed by atoms with Gasteiger partial charge in [-0.05, 0) is 32.1 Å². The number of aliphatic hydroxyl groups is 2. The smallest absolute Gasteiger partial charge is 0.220 e. The van der Waals surface area contributed by atoms with E-state index in [9.17, 15) is 15.0 Å². The number of aliphatic hydroxyl groups excluding tert-OH is 2. The van der Waals surface area contributed by atoms with E-state index in [1.807, 2.05) is 6.08 Å². The second kappa shape index (κ2) is 26.5. The fraction of sp³-hybridized carbons (Fsp3) is 0.833. The van der Waals surface area contributed by atoms with Gasteiger partial charge in [-0.15, -0.1) is 0 Å². The molecule has 0 saturated carbocycles. The number of carbonyl (C=O) groups excluding carboxylic acids is 1. The molecule has 0 saturated heterocycles. The Hall–Kier alpha value is -1.13. The van der Waals surface area contributed by atoms with Gasteiger partial charge in [-0.1, -0.05) is 128 Å². The molecule has 0 rings (SSSR count). The van der Waals surface area contributed by atoms with Crippen LogP contribution in [0.25, 0.3) is 0 Å². The number of allylic oxidation sites excluding steroid dienone is 3. The summed E-state index contributed by atoms with van der Waals surface area (Å²) in [6.45, 7) is 4.23. The minimum atomic E-state index is -0.853. The van der Waals surface area contributed by atoms with E-state index in [4.69, 9.17) is 0 Å². The summed E-state index contributed by atoms with van der Waals surface area (Å²) < 4.78 is 0. The largest absolute Gasteiger partial charge is 0.394 e. The van der Waals surface area contributed by atoms with Gasteiger partial charge in [0.25, 0.3) is 0 Å². The molecule has 34 heavy (non-hydrogen) atoms. The van der Waals surface area contributed by atoms with Crippen molar-refractivity contribution in [3.05, 3.63) is 24.3 Å². The molecule has 4 heteroatoms. The van der Waals surface area contributed by atoms with Crippen molar-refractivity contribution in [1.29, 1.82) is 0 Å². The van der Waals surface area contributed by atoms with E-state index in [-0.39, 0.29) is 12.5 Å². The molecule has 0 radical (unpaired) electrons. The fourth-order valence-electron chi connectivity index (χ4n) is 4.13. The van der Waals surface area contributed by atoms with Gasteiger partial charge in [-0.2, -0.15) is 0 Å². The summed E-state index contributed by atoms with van der Waals surface area (Å²) in [5.41, 5.74) is 0. The lowest BCUT2D eigenvalue weighted by Crippen LogP contribution is -2.45. The third kappa shape index (κ3) is 22.7. The van der Waals surface area contributed by atoms with Gasteiger partial charge in [0.1, 0.15) is 0 Å². The maximum atomic E-state index is 12.2. The van der Waals surface area contributed by atoms with Crippen LogP contribution in [0.2, 0.25) is 0 Å². The summed E-state index contributed by atoms with van der Waals surface area (Å²) in [5, 5.41) is 22.6. The number of rotatable bonds is 25. The molecule has 0 aromatic heterocycles. The second-order valence-electron chi connectivity index (χ2n) is 9.81. The number of unbranched alkanes of at least 4 members (excludes halogenated alkanes) is 16. The molecule has 2 atom stereocenters. The first-order valence-electron chi connectivity index (χ1n) is 14.6. The van der Waals surface area contributed by atoms with Crippen LogP contribution in [-0.4, -0.2) is 34.9 Å². The topological polar surface area (TPSA) is 69.6 Å². The normalized spacial score (nSPS) is 13.6. The van der Waals surface area contributed by atoms with E-state index >= 15 is 0 Å². The Bertz CT molecular complexity index is 489. The predicted octanol–water partition coefficient (Wildman–Crippen LogP) is 7.78. The Kier molecular flexibility index (Phi) is 25.6. The van der Waals surface area contributed by atoms with Crippen LogP contribution in [0.1, 0.15) is 142 Å². The lowest BCUT2D eigenvalue weighted by atomic mass is 10.1. The predicted molar refractivity (Wildman–Crippen MR) is 147 cm³/mol. The van der Waals surface area contributed by atoms with Crippen molar-refractivity contribution in [2.75, 3.05) is 6.61 Å². The fourth-order valence-corrected chi connectivity index (χ4v) is 4.13. The van der Waals surface area contributed by atoms with Gasteiger partial charge >= 0.3 is 0 Å². The highest BCUT2D eigenvalue weighted by Gasteiger charge is 2.17. The summed E-state index contributed by atoms with van der Waals surface area (Å²) in [6, 6.07) is -0.630. The quantitative estimate of drug-likeness (QED) is 0.0924. The van der Waals surface area contributed by atoms with E-state index < -0.39 is 12.1 Å². The van der Waals surface area contributed by atoms with Crippen LogP contribution < -0.4 is 5.32 Å². The van der Waals surface area contributed by atoms with Crippen molar-refractivity contribution in [2.24, 2.45) is 0 Å². The van der Waals surface area contributed by atoms with Crippen LogP contribution in [0.5, 0.6) is 0 Å². The zero-order chi connectivity index (χ0) is 25.1. The Morgan fingerprint density at radius 2 is 1.15 bits per heavy atom. The summed E-state index contributed by atoms with van der Waals surface area (Å²) in [4.78, 5) is 12.2. The van der Waals surface area contributed by atoms with Crippen molar-refractivity contribution in [3.63, 3.8) is 0 Å². The van der Waals surface area contributed by atoms with E-state index in [0.29, 0.717) is 6.42 Å². The third-order valence-corrected chi connectivity index (χ3v) is 6.44. The average Bonchev–Trinajstić information content (AvgIpc) is 2.84. The number of nitrogens with one attached hydrogen (secondary N) is 1. The second-order valence-corrected chi connectivity index (χ2v) is 9.81. The summed E-state index contributed by atoms with van der Waals surface area (Å²) >= 11 is 0. The molecular formula is C30H57NO3. The number of hydrogen-bond donors (Lipinski definition) is 3. The Balaban J connectivity index is 3.77. The molecule has 0 unspecified atom stereocenters. The van der Waals surface area contributed by atoms with Crippen LogP contribution in [0, 0.1) is 0 Å². The first-order valence-corrected chi connectivity index (χ1v) is 14.6. The minimum absolute atomic E-state index is 0.0799. The minimum Gasteiger partial charge on any atom is -0.394 e. The molecule has 0 aliphatic rings. The first kappa shape index (κ1) is 32.9. The number of carbonyl (C=O) groups is 1. The number of amides is 1. The van der Waals surface area contributed by atoms with Gasteiger partial charge in [-0.25, -0.2) is 0 Å². The van der Waals surface area contributed by atoms with Gasteiger partial charge in [0, 0.05) is 6.42 Å². The Labute approximate surface area is 211 Å². The lowest BCUT2D eigenvalue weighted by Gasteiger charge is -2.19. The summed E-state index contributed by atoms with van der Waals surface area (Å²) in [7, 11) is 0. The van der Waals surface area contributed by atoms with Gasteiger partial charge < -0.3 is 15.5 Å². The van der Waals surface area contributed by atoms with Crippen molar-refractivity contribution in [2.45, 2.75) is 154 Å². The highest BCUT2D eigenvalue weighted by Crippen LogP contribution is 2.11. The molecule has 0 spiro atoms. The maximum absolute atomic E-state index is 12.2. The van der Waals surface area contributed by atoms with Crippen molar-refractivity contribution in [1.82, 2.24) is 5.32 Å². The lowest BCUT2D eigenvalue weighted by molar-refractivity contribution is -0.123. The molecule has 0 heterocycles. The SMILES string of the molecule is CCCCCCCC/C=C/CC/C=C/[C@@H](O)[C@H](CO)NC(=O)CCCCCCCCCCCC. The molecule has 4 nitrogen and oxygen atoms in total. The zero-order valence-corrected chi connectivity index (χ0v) is 22.6.